The summed E-state index contributed by atoms with van der Waals surface area (Å²) < 4.78 is 38.6. The highest BCUT2D eigenvalue weighted by molar-refractivity contribution is 7.92. The summed E-state index contributed by atoms with van der Waals surface area (Å²) >= 11 is 0. The Hall–Kier alpha value is -4.12. The highest BCUT2D eigenvalue weighted by atomic mass is 32.2. The molecule has 0 unspecified atom stereocenters. The number of fused-ring (bicyclic) bond motifs is 1. The van der Waals surface area contributed by atoms with E-state index in [9.17, 15) is 18.5 Å². The number of hydrogen-bond acceptors (Lipinski definition) is 8. The SMILES string of the molecule is Cc1ccc(NS(=O)(=O)c2ccc(NN=Cc3ccc4c(c3)OCO4)c([N+](=O)[O-])c2)c(C)c1. The molecule has 1 aliphatic heterocycles. The van der Waals surface area contributed by atoms with Crippen LogP contribution in [0.3, 0.4) is 0 Å². The fourth-order valence-corrected chi connectivity index (χ4v) is 4.38. The molecular weight excluding hydrogens is 448 g/mol. The quantitative estimate of drug-likeness (QED) is 0.302. The van der Waals surface area contributed by atoms with E-state index >= 15 is 0 Å². The van der Waals surface area contributed by atoms with E-state index in [2.05, 4.69) is 15.2 Å². The molecule has 0 aromatic heterocycles. The predicted molar refractivity (Wildman–Crippen MR) is 124 cm³/mol. The van der Waals surface area contributed by atoms with Crippen LogP contribution in [0.25, 0.3) is 0 Å². The summed E-state index contributed by atoms with van der Waals surface area (Å²) in [6.07, 6.45) is 1.46. The van der Waals surface area contributed by atoms with E-state index in [0.717, 1.165) is 17.2 Å². The first-order chi connectivity index (χ1) is 15.7. The molecule has 0 spiro atoms. The van der Waals surface area contributed by atoms with Crippen LogP contribution in [0.4, 0.5) is 17.1 Å². The maximum atomic E-state index is 12.8. The number of hydrogen-bond donors (Lipinski definition) is 2. The molecule has 0 fully saturated rings. The van der Waals surface area contributed by atoms with Crippen molar-refractivity contribution in [2.75, 3.05) is 16.9 Å². The minimum atomic E-state index is -4.04. The van der Waals surface area contributed by atoms with Crippen LogP contribution in [0, 0.1) is 24.0 Å². The van der Waals surface area contributed by atoms with Crippen LogP contribution >= 0.6 is 0 Å². The Kier molecular flexibility index (Phi) is 5.88. The molecule has 3 aromatic rings. The summed E-state index contributed by atoms with van der Waals surface area (Å²) in [6, 6.07) is 14.0. The van der Waals surface area contributed by atoms with Gasteiger partial charge in [0.05, 0.1) is 21.7 Å². The molecule has 0 saturated heterocycles. The van der Waals surface area contributed by atoms with Crippen molar-refractivity contribution in [2.45, 2.75) is 18.7 Å². The molecule has 10 nitrogen and oxygen atoms in total. The minimum Gasteiger partial charge on any atom is -0.454 e. The second kappa shape index (κ2) is 8.79. The van der Waals surface area contributed by atoms with E-state index in [4.69, 9.17) is 9.47 Å². The number of aryl methyl sites for hydroxylation is 2. The Balaban J connectivity index is 1.55. The van der Waals surface area contributed by atoms with Crippen molar-refractivity contribution < 1.29 is 22.8 Å². The first kappa shape index (κ1) is 22.1. The van der Waals surface area contributed by atoms with Gasteiger partial charge in [0, 0.05) is 6.07 Å². The van der Waals surface area contributed by atoms with E-state index in [-0.39, 0.29) is 17.4 Å². The molecule has 1 aliphatic rings. The third kappa shape index (κ3) is 4.88. The molecular formula is C22H20N4O6S. The van der Waals surface area contributed by atoms with Crippen LogP contribution in [-0.2, 0) is 10.0 Å². The number of nitrogens with zero attached hydrogens (tertiary/aromatic N) is 2. The van der Waals surface area contributed by atoms with E-state index in [1.165, 1.54) is 18.3 Å². The number of benzene rings is 3. The molecule has 0 amide bonds. The van der Waals surface area contributed by atoms with Gasteiger partial charge < -0.3 is 9.47 Å². The lowest BCUT2D eigenvalue weighted by Gasteiger charge is -2.12. The average Bonchev–Trinajstić information content (AvgIpc) is 3.23. The molecule has 4 rings (SSSR count). The Morgan fingerprint density at radius 3 is 2.52 bits per heavy atom. The lowest BCUT2D eigenvalue weighted by molar-refractivity contribution is -0.384. The van der Waals surface area contributed by atoms with Crippen molar-refractivity contribution in [3.05, 3.63) is 81.4 Å². The van der Waals surface area contributed by atoms with Gasteiger partial charge in [-0.05, 0) is 61.4 Å². The van der Waals surface area contributed by atoms with Gasteiger partial charge in [-0.15, -0.1) is 0 Å². The molecule has 2 N–H and O–H groups in total. The zero-order chi connectivity index (χ0) is 23.6. The summed E-state index contributed by atoms with van der Waals surface area (Å²) in [5, 5.41) is 15.6. The van der Waals surface area contributed by atoms with Crippen molar-refractivity contribution in [2.24, 2.45) is 5.10 Å². The van der Waals surface area contributed by atoms with Gasteiger partial charge in [-0.2, -0.15) is 5.10 Å². The molecule has 0 bridgehead atoms. The highest BCUT2D eigenvalue weighted by Gasteiger charge is 2.22. The molecule has 1 heterocycles. The van der Waals surface area contributed by atoms with Gasteiger partial charge in [0.25, 0.3) is 15.7 Å². The van der Waals surface area contributed by atoms with Gasteiger partial charge in [0.15, 0.2) is 11.5 Å². The monoisotopic (exact) mass is 468 g/mol. The Morgan fingerprint density at radius 1 is 1.00 bits per heavy atom. The minimum absolute atomic E-state index is 0.0439. The number of nitro benzene ring substituents is 1. The largest absolute Gasteiger partial charge is 0.454 e. The molecule has 0 saturated carbocycles. The maximum absolute atomic E-state index is 12.8. The molecule has 3 aromatic carbocycles. The molecule has 11 heteroatoms. The number of hydrazone groups is 1. The van der Waals surface area contributed by atoms with E-state index in [1.807, 2.05) is 13.0 Å². The second-order valence-corrected chi connectivity index (χ2v) is 9.03. The van der Waals surface area contributed by atoms with Gasteiger partial charge in [0.1, 0.15) is 5.69 Å². The number of nitro groups is 1. The van der Waals surface area contributed by atoms with Crippen molar-refractivity contribution in [3.63, 3.8) is 0 Å². The van der Waals surface area contributed by atoms with Crippen LogP contribution in [0.1, 0.15) is 16.7 Å². The maximum Gasteiger partial charge on any atom is 0.295 e. The van der Waals surface area contributed by atoms with Crippen LogP contribution in [0.2, 0.25) is 0 Å². The van der Waals surface area contributed by atoms with Crippen LogP contribution in [0.15, 0.2) is 64.6 Å². The van der Waals surface area contributed by atoms with Crippen molar-refractivity contribution in [3.8, 4) is 11.5 Å². The summed E-state index contributed by atoms with van der Waals surface area (Å²) in [6.45, 7) is 3.82. The molecule has 0 atom stereocenters. The smallest absolute Gasteiger partial charge is 0.295 e. The Bertz CT molecular complexity index is 1370. The fraction of sp³-hybridized carbons (Fsp3) is 0.136. The van der Waals surface area contributed by atoms with E-state index in [0.29, 0.717) is 22.7 Å². The molecule has 33 heavy (non-hydrogen) atoms. The van der Waals surface area contributed by atoms with Crippen LogP contribution in [0.5, 0.6) is 11.5 Å². The van der Waals surface area contributed by atoms with E-state index in [1.54, 1.807) is 37.3 Å². The van der Waals surface area contributed by atoms with E-state index < -0.39 is 20.6 Å². The fourth-order valence-electron chi connectivity index (χ4n) is 3.23. The summed E-state index contributed by atoms with van der Waals surface area (Å²) in [4.78, 5) is 10.7. The van der Waals surface area contributed by atoms with Crippen LogP contribution in [-0.4, -0.2) is 26.3 Å². The number of rotatable bonds is 7. The van der Waals surface area contributed by atoms with Gasteiger partial charge >= 0.3 is 0 Å². The number of nitrogens with one attached hydrogen (secondary N) is 2. The number of sulfonamides is 1. The number of ether oxygens (including phenoxy) is 2. The predicted octanol–water partition coefficient (Wildman–Crippen LogP) is 4.19. The van der Waals surface area contributed by atoms with Crippen molar-refractivity contribution in [1.82, 2.24) is 0 Å². The summed E-state index contributed by atoms with van der Waals surface area (Å²) in [5.74, 6) is 1.21. The first-order valence-corrected chi connectivity index (χ1v) is 11.3. The van der Waals surface area contributed by atoms with Gasteiger partial charge in [0.2, 0.25) is 6.79 Å². The molecule has 170 valence electrons. The zero-order valence-electron chi connectivity index (χ0n) is 17.7. The zero-order valence-corrected chi connectivity index (χ0v) is 18.5. The van der Waals surface area contributed by atoms with Gasteiger partial charge in [-0.25, -0.2) is 8.42 Å². The summed E-state index contributed by atoms with van der Waals surface area (Å²) in [5.41, 5.74) is 5.03. The molecule has 0 radical (unpaired) electrons. The van der Waals surface area contributed by atoms with Crippen molar-refractivity contribution >= 4 is 33.3 Å². The summed E-state index contributed by atoms with van der Waals surface area (Å²) in [7, 11) is -4.04. The standard InChI is InChI=1S/C22H20N4O6S/c1-14-3-6-18(15(2)9-14)25-33(29,30)17-5-7-19(20(11-17)26(27)28)24-23-12-16-4-8-21-22(10-16)32-13-31-21/h3-12,24-25H,13H2,1-2H3. The Morgan fingerprint density at radius 2 is 1.76 bits per heavy atom. The lowest BCUT2D eigenvalue weighted by atomic mass is 10.1. The Labute approximate surface area is 190 Å². The van der Waals surface area contributed by atoms with Crippen molar-refractivity contribution in [1.29, 1.82) is 0 Å². The van der Waals surface area contributed by atoms with Crippen LogP contribution < -0.4 is 19.6 Å². The van der Waals surface area contributed by atoms with Gasteiger partial charge in [-0.3, -0.25) is 20.3 Å². The lowest BCUT2D eigenvalue weighted by Crippen LogP contribution is -2.14. The topological polar surface area (TPSA) is 132 Å². The third-order valence-electron chi connectivity index (χ3n) is 4.90. The third-order valence-corrected chi connectivity index (χ3v) is 6.26. The normalized spacial score (nSPS) is 12.7. The van der Waals surface area contributed by atoms with Gasteiger partial charge in [-0.1, -0.05) is 17.7 Å². The first-order valence-electron chi connectivity index (χ1n) is 9.80. The average molecular weight is 468 g/mol. The second-order valence-electron chi connectivity index (χ2n) is 7.34. The molecule has 0 aliphatic carbocycles. The highest BCUT2D eigenvalue weighted by Crippen LogP contribution is 2.32. The number of anilines is 2.